The summed E-state index contributed by atoms with van der Waals surface area (Å²) in [7, 11) is 0. The first-order chi connectivity index (χ1) is 15.4. The monoisotopic (exact) mass is 446 g/mol. The molecule has 12 heteroatoms. The van der Waals surface area contributed by atoms with Crippen molar-refractivity contribution >= 4 is 29.2 Å². The number of nitro groups is 1. The fourth-order valence-electron chi connectivity index (χ4n) is 3.53. The van der Waals surface area contributed by atoms with Crippen LogP contribution in [0.5, 0.6) is 0 Å². The van der Waals surface area contributed by atoms with Gasteiger partial charge in [0.15, 0.2) is 0 Å². The van der Waals surface area contributed by atoms with E-state index in [1.54, 1.807) is 33.8 Å². The summed E-state index contributed by atoms with van der Waals surface area (Å²) in [4.78, 5) is 48.6. The highest BCUT2D eigenvalue weighted by molar-refractivity contribution is 5.75. The Bertz CT molecular complexity index is 942. The molecular formula is C20H26N6O6. The first-order valence-corrected chi connectivity index (χ1v) is 10.3. The first-order valence-electron chi connectivity index (χ1n) is 10.3. The molecule has 1 saturated heterocycles. The molecule has 2 aromatic rings. The largest absolute Gasteiger partial charge is 0.467 e. The molecular weight excluding hydrogens is 420 g/mol. The van der Waals surface area contributed by atoms with Gasteiger partial charge in [-0.3, -0.25) is 19.7 Å². The Hall–Kier alpha value is -3.70. The Balaban J connectivity index is 1.91. The van der Waals surface area contributed by atoms with Gasteiger partial charge in [-0.2, -0.15) is 0 Å². The number of amides is 1. The Morgan fingerprint density at radius 2 is 2.03 bits per heavy atom. The predicted octanol–water partition coefficient (Wildman–Crippen LogP) is 1.61. The lowest BCUT2D eigenvalue weighted by atomic mass is 10.2. The van der Waals surface area contributed by atoms with E-state index >= 15 is 0 Å². The number of anilines is 2. The molecule has 0 radical (unpaired) electrons. The summed E-state index contributed by atoms with van der Waals surface area (Å²) in [6.45, 7) is 5.52. The third kappa shape index (κ3) is 5.50. The second-order valence-corrected chi connectivity index (χ2v) is 7.18. The smallest absolute Gasteiger partial charge is 0.353 e. The quantitative estimate of drug-likeness (QED) is 0.317. The van der Waals surface area contributed by atoms with Gasteiger partial charge < -0.3 is 23.9 Å². The van der Waals surface area contributed by atoms with Crippen LogP contribution in [0.3, 0.4) is 0 Å². The van der Waals surface area contributed by atoms with Crippen LogP contribution >= 0.6 is 0 Å². The van der Waals surface area contributed by atoms with E-state index in [1.807, 2.05) is 0 Å². The molecule has 0 spiro atoms. The van der Waals surface area contributed by atoms with Crippen molar-refractivity contribution in [2.75, 3.05) is 49.1 Å². The zero-order valence-corrected chi connectivity index (χ0v) is 18.1. The van der Waals surface area contributed by atoms with Gasteiger partial charge >= 0.3 is 11.7 Å². The van der Waals surface area contributed by atoms with Gasteiger partial charge in [-0.25, -0.2) is 9.97 Å². The van der Waals surface area contributed by atoms with Gasteiger partial charge in [0, 0.05) is 39.6 Å². The van der Waals surface area contributed by atoms with Crippen molar-refractivity contribution in [3.63, 3.8) is 0 Å². The van der Waals surface area contributed by atoms with Crippen molar-refractivity contribution in [3.8, 4) is 0 Å². The Morgan fingerprint density at radius 3 is 2.62 bits per heavy atom. The van der Waals surface area contributed by atoms with E-state index in [-0.39, 0.29) is 49.3 Å². The highest BCUT2D eigenvalue weighted by Crippen LogP contribution is 2.35. The third-order valence-electron chi connectivity index (χ3n) is 5.11. The number of piperazine rings is 1. The van der Waals surface area contributed by atoms with E-state index in [0.29, 0.717) is 31.9 Å². The second kappa shape index (κ2) is 10.6. The Kier molecular flexibility index (Phi) is 7.58. The standard InChI is InChI=1S/C20H26N6O6/c1-3-31-17(28)6-7-25(13-16-5-4-12-32-16)20-18(26(29)30)19(21-14-22-20)24-10-8-23(9-11-24)15(2)27/h4-5,12,14H,3,6-11,13H2,1-2H3. The number of carbonyl (C=O) groups is 2. The Labute approximate surface area is 184 Å². The number of rotatable bonds is 9. The lowest BCUT2D eigenvalue weighted by Crippen LogP contribution is -2.48. The molecule has 0 bridgehead atoms. The summed E-state index contributed by atoms with van der Waals surface area (Å²) in [5, 5.41) is 12.1. The first kappa shape index (κ1) is 23.0. The topological polar surface area (TPSA) is 135 Å². The fourth-order valence-corrected chi connectivity index (χ4v) is 3.53. The molecule has 0 atom stereocenters. The second-order valence-electron chi connectivity index (χ2n) is 7.18. The zero-order chi connectivity index (χ0) is 23.1. The molecule has 3 heterocycles. The van der Waals surface area contributed by atoms with Crippen LogP contribution in [-0.4, -0.2) is 71.0 Å². The molecule has 0 saturated carbocycles. The summed E-state index contributed by atoms with van der Waals surface area (Å²) in [6.07, 6.45) is 2.81. The normalized spacial score (nSPS) is 13.7. The van der Waals surface area contributed by atoms with Crippen LogP contribution in [0.25, 0.3) is 0 Å². The minimum atomic E-state index is -0.512. The van der Waals surface area contributed by atoms with Crippen LogP contribution in [-0.2, 0) is 20.9 Å². The molecule has 0 aromatic carbocycles. The molecule has 1 fully saturated rings. The molecule has 3 rings (SSSR count). The molecule has 2 aromatic heterocycles. The molecule has 0 N–H and O–H groups in total. The maximum absolute atomic E-state index is 12.1. The molecule has 172 valence electrons. The SMILES string of the molecule is CCOC(=O)CCN(Cc1ccco1)c1ncnc(N2CCN(C(C)=O)CC2)c1[N+](=O)[O-]. The molecule has 12 nitrogen and oxygen atoms in total. The van der Waals surface area contributed by atoms with Crippen molar-refractivity contribution in [3.05, 3.63) is 40.6 Å². The average Bonchev–Trinajstić information content (AvgIpc) is 3.29. The molecule has 0 unspecified atom stereocenters. The summed E-state index contributed by atoms with van der Waals surface area (Å²) >= 11 is 0. The van der Waals surface area contributed by atoms with Crippen LogP contribution in [0.4, 0.5) is 17.3 Å². The maximum Gasteiger partial charge on any atom is 0.353 e. The number of hydrogen-bond acceptors (Lipinski definition) is 10. The molecule has 1 aliphatic rings. The lowest BCUT2D eigenvalue weighted by Gasteiger charge is -2.34. The van der Waals surface area contributed by atoms with Gasteiger partial charge in [0.1, 0.15) is 12.1 Å². The van der Waals surface area contributed by atoms with Gasteiger partial charge in [-0.15, -0.1) is 0 Å². The van der Waals surface area contributed by atoms with Crippen molar-refractivity contribution in [2.45, 2.75) is 26.8 Å². The minimum Gasteiger partial charge on any atom is -0.467 e. The lowest BCUT2D eigenvalue weighted by molar-refractivity contribution is -0.383. The summed E-state index contributed by atoms with van der Waals surface area (Å²) in [6, 6.07) is 3.46. The molecule has 32 heavy (non-hydrogen) atoms. The number of carbonyl (C=O) groups excluding carboxylic acids is 2. The Morgan fingerprint density at radius 1 is 1.28 bits per heavy atom. The highest BCUT2D eigenvalue weighted by atomic mass is 16.6. The van der Waals surface area contributed by atoms with Crippen LogP contribution in [0.15, 0.2) is 29.1 Å². The van der Waals surface area contributed by atoms with Gasteiger partial charge in [-0.05, 0) is 19.1 Å². The summed E-state index contributed by atoms with van der Waals surface area (Å²) in [5.41, 5.74) is -0.251. The summed E-state index contributed by atoms with van der Waals surface area (Å²) in [5.74, 6) is 0.400. The number of furan rings is 1. The van der Waals surface area contributed by atoms with Crippen LogP contribution in [0.2, 0.25) is 0 Å². The fraction of sp³-hybridized carbons (Fsp3) is 0.500. The number of ether oxygens (including phenoxy) is 1. The molecule has 1 aliphatic heterocycles. The number of hydrogen-bond donors (Lipinski definition) is 0. The number of nitrogens with zero attached hydrogens (tertiary/aromatic N) is 6. The van der Waals surface area contributed by atoms with Crippen molar-refractivity contribution in [1.82, 2.24) is 14.9 Å². The van der Waals surface area contributed by atoms with E-state index in [4.69, 9.17) is 9.15 Å². The van der Waals surface area contributed by atoms with E-state index in [0.717, 1.165) is 0 Å². The van der Waals surface area contributed by atoms with Crippen LogP contribution in [0.1, 0.15) is 26.0 Å². The number of aromatic nitrogens is 2. The van der Waals surface area contributed by atoms with Gasteiger partial charge in [0.05, 0.1) is 30.8 Å². The minimum absolute atomic E-state index is 0.0301. The third-order valence-corrected chi connectivity index (χ3v) is 5.11. The summed E-state index contributed by atoms with van der Waals surface area (Å²) < 4.78 is 10.4. The van der Waals surface area contributed by atoms with Crippen LogP contribution < -0.4 is 9.80 Å². The van der Waals surface area contributed by atoms with E-state index in [2.05, 4.69) is 9.97 Å². The van der Waals surface area contributed by atoms with Crippen molar-refractivity contribution in [1.29, 1.82) is 0 Å². The number of esters is 1. The van der Waals surface area contributed by atoms with E-state index in [1.165, 1.54) is 19.5 Å². The highest BCUT2D eigenvalue weighted by Gasteiger charge is 2.32. The van der Waals surface area contributed by atoms with Crippen molar-refractivity contribution < 1.29 is 23.7 Å². The maximum atomic E-state index is 12.1. The van der Waals surface area contributed by atoms with Gasteiger partial charge in [0.25, 0.3) is 0 Å². The molecule has 1 amide bonds. The van der Waals surface area contributed by atoms with Crippen molar-refractivity contribution in [2.24, 2.45) is 0 Å². The van der Waals surface area contributed by atoms with Gasteiger partial charge in [-0.1, -0.05) is 0 Å². The van der Waals surface area contributed by atoms with E-state index < -0.39 is 10.9 Å². The predicted molar refractivity (Wildman–Crippen MR) is 114 cm³/mol. The molecule has 0 aliphatic carbocycles. The van der Waals surface area contributed by atoms with Gasteiger partial charge in [0.2, 0.25) is 17.5 Å². The average molecular weight is 446 g/mol. The zero-order valence-electron chi connectivity index (χ0n) is 18.1. The van der Waals surface area contributed by atoms with E-state index in [9.17, 15) is 19.7 Å². The van der Waals surface area contributed by atoms with Crippen LogP contribution in [0, 0.1) is 10.1 Å².